The highest BCUT2D eigenvalue weighted by Crippen LogP contribution is 2.33. The zero-order valence-corrected chi connectivity index (χ0v) is 14.3. The number of amides is 1. The van der Waals surface area contributed by atoms with Gasteiger partial charge >= 0.3 is 6.18 Å². The topological polar surface area (TPSA) is 59.8 Å². The van der Waals surface area contributed by atoms with E-state index in [2.05, 4.69) is 15.6 Å². The van der Waals surface area contributed by atoms with Gasteiger partial charge in [-0.3, -0.25) is 4.79 Å². The fourth-order valence-electron chi connectivity index (χ4n) is 2.27. The molecule has 134 valence electrons. The highest BCUT2D eigenvalue weighted by molar-refractivity contribution is 7.98. The number of halogens is 3. The summed E-state index contributed by atoms with van der Waals surface area (Å²) in [6.45, 7) is 0. The lowest BCUT2D eigenvalue weighted by Gasteiger charge is -2.11. The van der Waals surface area contributed by atoms with Crippen molar-refractivity contribution < 1.29 is 18.0 Å². The number of para-hydroxylation sites is 1. The number of hydrogen-bond donors (Lipinski definition) is 1. The first-order valence-electron chi connectivity index (χ1n) is 7.43. The second kappa shape index (κ2) is 7.20. The van der Waals surface area contributed by atoms with Crippen molar-refractivity contribution in [2.45, 2.75) is 11.1 Å². The fraction of sp³-hybridized carbons (Fsp3) is 0.118. The first-order chi connectivity index (χ1) is 12.4. The summed E-state index contributed by atoms with van der Waals surface area (Å²) >= 11 is 1.57. The number of hydrogen-bond acceptors (Lipinski definition) is 4. The molecule has 0 aliphatic rings. The summed E-state index contributed by atoms with van der Waals surface area (Å²) in [7, 11) is 0. The Morgan fingerprint density at radius 2 is 1.81 bits per heavy atom. The third kappa shape index (κ3) is 3.88. The van der Waals surface area contributed by atoms with Crippen LogP contribution in [-0.4, -0.2) is 27.2 Å². The lowest BCUT2D eigenvalue weighted by molar-refractivity contribution is -0.137. The van der Waals surface area contributed by atoms with Gasteiger partial charge in [-0.1, -0.05) is 17.3 Å². The third-order valence-corrected chi connectivity index (χ3v) is 4.27. The van der Waals surface area contributed by atoms with Crippen molar-refractivity contribution in [2.24, 2.45) is 0 Å². The van der Waals surface area contributed by atoms with E-state index in [1.807, 2.05) is 18.4 Å². The van der Waals surface area contributed by atoms with Crippen molar-refractivity contribution >= 4 is 23.4 Å². The molecular formula is C17H13F3N4OS. The second-order valence-corrected chi connectivity index (χ2v) is 6.13. The first-order valence-corrected chi connectivity index (χ1v) is 8.65. The zero-order chi connectivity index (χ0) is 18.7. The van der Waals surface area contributed by atoms with Crippen molar-refractivity contribution in [3.8, 4) is 5.69 Å². The minimum atomic E-state index is -4.54. The van der Waals surface area contributed by atoms with E-state index in [1.165, 1.54) is 18.2 Å². The first kappa shape index (κ1) is 18.0. The molecule has 1 amide bonds. The summed E-state index contributed by atoms with van der Waals surface area (Å²) < 4.78 is 40.3. The van der Waals surface area contributed by atoms with E-state index in [4.69, 9.17) is 0 Å². The van der Waals surface area contributed by atoms with Gasteiger partial charge in [-0.05, 0) is 42.7 Å². The van der Waals surface area contributed by atoms with Crippen LogP contribution in [0.15, 0.2) is 59.6 Å². The lowest BCUT2D eigenvalue weighted by Crippen LogP contribution is -2.12. The van der Waals surface area contributed by atoms with Crippen molar-refractivity contribution in [1.82, 2.24) is 15.0 Å². The highest BCUT2D eigenvalue weighted by Gasteiger charge is 2.34. The van der Waals surface area contributed by atoms with Crippen LogP contribution in [0.25, 0.3) is 5.69 Å². The van der Waals surface area contributed by atoms with Crippen LogP contribution in [0.3, 0.4) is 0 Å². The van der Waals surface area contributed by atoms with Gasteiger partial charge in [0.05, 0.1) is 17.4 Å². The number of anilines is 1. The molecule has 26 heavy (non-hydrogen) atoms. The molecule has 0 unspecified atom stereocenters. The molecular weight excluding hydrogens is 365 g/mol. The summed E-state index contributed by atoms with van der Waals surface area (Å²) in [5.41, 5.74) is -0.589. The zero-order valence-electron chi connectivity index (χ0n) is 13.5. The van der Waals surface area contributed by atoms with Gasteiger partial charge in [-0.15, -0.1) is 16.9 Å². The van der Waals surface area contributed by atoms with Crippen molar-refractivity contribution in [1.29, 1.82) is 0 Å². The van der Waals surface area contributed by atoms with Crippen LogP contribution in [-0.2, 0) is 6.18 Å². The Bertz CT molecular complexity index is 922. The number of nitrogens with zero attached hydrogens (tertiary/aromatic N) is 3. The molecule has 2 aromatic carbocycles. The fourth-order valence-corrected chi connectivity index (χ4v) is 2.68. The molecule has 0 aliphatic carbocycles. The number of alkyl halides is 3. The average molecular weight is 378 g/mol. The molecule has 1 aromatic heterocycles. The average Bonchev–Trinajstić information content (AvgIpc) is 3.12. The number of rotatable bonds is 4. The van der Waals surface area contributed by atoms with E-state index >= 15 is 0 Å². The van der Waals surface area contributed by atoms with Crippen LogP contribution < -0.4 is 5.32 Å². The molecule has 3 aromatic rings. The molecule has 0 spiro atoms. The minimum absolute atomic E-state index is 0.0871. The van der Waals surface area contributed by atoms with E-state index in [9.17, 15) is 18.0 Å². The van der Waals surface area contributed by atoms with Crippen LogP contribution in [0, 0.1) is 0 Å². The summed E-state index contributed by atoms with van der Waals surface area (Å²) in [6.07, 6.45) is -1.44. The van der Waals surface area contributed by atoms with Crippen LogP contribution in [0.5, 0.6) is 0 Å². The largest absolute Gasteiger partial charge is 0.418 e. The Morgan fingerprint density at radius 1 is 1.12 bits per heavy atom. The molecule has 3 rings (SSSR count). The SMILES string of the molecule is CSc1ccc(NC(=O)c2cn(-c3ccccc3C(F)(F)F)nn2)cc1. The Balaban J connectivity index is 1.83. The molecule has 0 fully saturated rings. The molecule has 0 saturated carbocycles. The summed E-state index contributed by atoms with van der Waals surface area (Å²) in [6, 6.07) is 12.1. The van der Waals surface area contributed by atoms with Gasteiger partial charge in [0.25, 0.3) is 5.91 Å². The standard InChI is InChI=1S/C17H13F3N4OS/c1-26-12-8-6-11(7-9-12)21-16(25)14-10-24(23-22-14)15-5-3-2-4-13(15)17(18,19)20/h2-10H,1H3,(H,21,25). The summed E-state index contributed by atoms with van der Waals surface area (Å²) in [5, 5.41) is 9.96. The van der Waals surface area contributed by atoms with E-state index in [0.29, 0.717) is 5.69 Å². The maximum atomic E-state index is 13.1. The highest BCUT2D eigenvalue weighted by atomic mass is 32.2. The third-order valence-electron chi connectivity index (χ3n) is 3.53. The number of thioether (sulfide) groups is 1. The number of benzene rings is 2. The minimum Gasteiger partial charge on any atom is -0.321 e. The Morgan fingerprint density at radius 3 is 2.46 bits per heavy atom. The molecule has 1 N–H and O–H groups in total. The van der Waals surface area contributed by atoms with Gasteiger partial charge in [0.2, 0.25) is 0 Å². The Hall–Kier alpha value is -2.81. The predicted octanol–water partition coefficient (Wildman–Crippen LogP) is 4.26. The molecule has 0 bridgehead atoms. The van der Waals surface area contributed by atoms with Crippen molar-refractivity contribution in [2.75, 3.05) is 11.6 Å². The smallest absolute Gasteiger partial charge is 0.321 e. The monoisotopic (exact) mass is 378 g/mol. The maximum absolute atomic E-state index is 13.1. The van der Waals surface area contributed by atoms with Gasteiger partial charge in [0.1, 0.15) is 0 Å². The van der Waals surface area contributed by atoms with Gasteiger partial charge < -0.3 is 5.32 Å². The molecule has 1 heterocycles. The number of carbonyl (C=O) groups excluding carboxylic acids is 1. The maximum Gasteiger partial charge on any atom is 0.418 e. The quantitative estimate of drug-likeness (QED) is 0.689. The van der Waals surface area contributed by atoms with E-state index in [0.717, 1.165) is 21.8 Å². The van der Waals surface area contributed by atoms with E-state index < -0.39 is 17.6 Å². The van der Waals surface area contributed by atoms with Crippen molar-refractivity contribution in [3.05, 3.63) is 66.0 Å². The summed E-state index contributed by atoms with van der Waals surface area (Å²) in [4.78, 5) is 13.3. The van der Waals surface area contributed by atoms with Gasteiger partial charge in [0, 0.05) is 10.6 Å². The molecule has 0 aliphatic heterocycles. The number of carbonyl (C=O) groups is 1. The predicted molar refractivity (Wildman–Crippen MR) is 92.5 cm³/mol. The summed E-state index contributed by atoms with van der Waals surface area (Å²) in [5.74, 6) is -0.558. The number of aromatic nitrogens is 3. The second-order valence-electron chi connectivity index (χ2n) is 5.25. The molecule has 0 saturated heterocycles. The molecule has 0 atom stereocenters. The van der Waals surface area contributed by atoms with Crippen LogP contribution in [0.2, 0.25) is 0 Å². The van der Waals surface area contributed by atoms with E-state index in [1.54, 1.807) is 23.9 Å². The normalized spacial score (nSPS) is 11.4. The molecule has 9 heteroatoms. The van der Waals surface area contributed by atoms with Gasteiger partial charge in [0.15, 0.2) is 5.69 Å². The number of nitrogens with one attached hydrogen (secondary N) is 1. The van der Waals surface area contributed by atoms with Crippen molar-refractivity contribution in [3.63, 3.8) is 0 Å². The molecule has 0 radical (unpaired) electrons. The Kier molecular flexibility index (Phi) is 4.99. The lowest BCUT2D eigenvalue weighted by atomic mass is 10.1. The Labute approximate surface area is 151 Å². The molecule has 5 nitrogen and oxygen atoms in total. The van der Waals surface area contributed by atoms with Crippen LogP contribution in [0.1, 0.15) is 16.1 Å². The van der Waals surface area contributed by atoms with E-state index in [-0.39, 0.29) is 11.4 Å². The van der Waals surface area contributed by atoms with Gasteiger partial charge in [-0.25, -0.2) is 4.68 Å². The van der Waals surface area contributed by atoms with Crippen LogP contribution >= 0.6 is 11.8 Å². The van der Waals surface area contributed by atoms with Crippen LogP contribution in [0.4, 0.5) is 18.9 Å². The van der Waals surface area contributed by atoms with Gasteiger partial charge in [-0.2, -0.15) is 13.2 Å².